The highest BCUT2D eigenvalue weighted by molar-refractivity contribution is 7.92. The van der Waals surface area contributed by atoms with Gasteiger partial charge in [0.25, 0.3) is 15.9 Å². The molecule has 0 aliphatic carbocycles. The molecule has 0 aromatic heterocycles. The lowest BCUT2D eigenvalue weighted by Gasteiger charge is -2.30. The van der Waals surface area contributed by atoms with Crippen LogP contribution < -0.4 is 10.0 Å². The molecule has 1 heterocycles. The van der Waals surface area contributed by atoms with Gasteiger partial charge >= 0.3 is 0 Å². The molecule has 2 aromatic carbocycles. The summed E-state index contributed by atoms with van der Waals surface area (Å²) in [4.78, 5) is 25.8. The molecular formula is C20H23N3O4S. The summed E-state index contributed by atoms with van der Waals surface area (Å²) >= 11 is 0. The predicted molar refractivity (Wildman–Crippen MR) is 106 cm³/mol. The minimum atomic E-state index is -3.80. The van der Waals surface area contributed by atoms with Crippen molar-refractivity contribution in [2.75, 3.05) is 24.4 Å². The van der Waals surface area contributed by atoms with E-state index in [4.69, 9.17) is 5.73 Å². The molecule has 148 valence electrons. The van der Waals surface area contributed by atoms with Gasteiger partial charge in [-0.05, 0) is 43.2 Å². The van der Waals surface area contributed by atoms with E-state index in [0.29, 0.717) is 37.2 Å². The number of primary amides is 1. The Bertz CT molecular complexity index is 968. The Morgan fingerprint density at radius 2 is 1.68 bits per heavy atom. The Morgan fingerprint density at radius 3 is 2.29 bits per heavy atom. The van der Waals surface area contributed by atoms with Crippen molar-refractivity contribution < 1.29 is 18.0 Å². The fourth-order valence-corrected chi connectivity index (χ4v) is 4.52. The number of likely N-dealkylation sites (tertiary alicyclic amines) is 1. The van der Waals surface area contributed by atoms with E-state index >= 15 is 0 Å². The van der Waals surface area contributed by atoms with Crippen molar-refractivity contribution in [2.24, 2.45) is 11.7 Å². The third kappa shape index (κ3) is 4.01. The highest BCUT2D eigenvalue weighted by Gasteiger charge is 2.28. The van der Waals surface area contributed by atoms with Crippen LogP contribution in [0.4, 0.5) is 5.69 Å². The van der Waals surface area contributed by atoms with Gasteiger partial charge in [0.15, 0.2) is 0 Å². The standard InChI is InChI=1S/C20H23N3O4S/c1-22(17-7-3-2-4-8-17)28(26,27)18-9-5-6-16(14-18)20(25)23-12-10-15(11-13-23)19(21)24/h2-9,14-15H,10-13H2,1H3,(H2,21,24). The van der Waals surface area contributed by atoms with Gasteiger partial charge in [0, 0.05) is 31.6 Å². The van der Waals surface area contributed by atoms with Gasteiger partial charge in [0.05, 0.1) is 10.6 Å². The molecule has 2 N–H and O–H groups in total. The van der Waals surface area contributed by atoms with Gasteiger partial charge in [-0.15, -0.1) is 0 Å². The predicted octanol–water partition coefficient (Wildman–Crippen LogP) is 1.85. The number of carbonyl (C=O) groups excluding carboxylic acids is 2. The molecule has 2 aromatic rings. The lowest BCUT2D eigenvalue weighted by molar-refractivity contribution is -0.123. The number of benzene rings is 2. The molecule has 1 saturated heterocycles. The van der Waals surface area contributed by atoms with Crippen LogP contribution in [0.15, 0.2) is 59.5 Å². The molecule has 0 radical (unpaired) electrons. The molecule has 8 heteroatoms. The second kappa shape index (κ2) is 8.02. The van der Waals surface area contributed by atoms with Crippen molar-refractivity contribution in [2.45, 2.75) is 17.7 Å². The van der Waals surface area contributed by atoms with E-state index in [0.717, 1.165) is 0 Å². The number of amides is 2. The molecule has 0 bridgehead atoms. The van der Waals surface area contributed by atoms with E-state index in [1.54, 1.807) is 41.3 Å². The zero-order valence-corrected chi connectivity index (χ0v) is 16.4. The van der Waals surface area contributed by atoms with Crippen LogP contribution in [0.3, 0.4) is 0 Å². The van der Waals surface area contributed by atoms with E-state index < -0.39 is 10.0 Å². The van der Waals surface area contributed by atoms with Crippen LogP contribution in [0, 0.1) is 5.92 Å². The number of piperidine rings is 1. The molecule has 0 spiro atoms. The zero-order chi connectivity index (χ0) is 20.3. The van der Waals surface area contributed by atoms with Crippen LogP contribution in [-0.2, 0) is 14.8 Å². The van der Waals surface area contributed by atoms with Gasteiger partial charge < -0.3 is 10.6 Å². The lowest BCUT2D eigenvalue weighted by Crippen LogP contribution is -2.41. The van der Waals surface area contributed by atoms with Crippen LogP contribution in [0.25, 0.3) is 0 Å². The van der Waals surface area contributed by atoms with Gasteiger partial charge in [-0.2, -0.15) is 0 Å². The number of para-hydroxylation sites is 1. The molecule has 1 aliphatic heterocycles. The van der Waals surface area contributed by atoms with Crippen LogP contribution >= 0.6 is 0 Å². The van der Waals surface area contributed by atoms with Gasteiger partial charge in [0.1, 0.15) is 0 Å². The van der Waals surface area contributed by atoms with Crippen LogP contribution in [-0.4, -0.2) is 45.3 Å². The molecule has 0 unspecified atom stereocenters. The molecule has 1 aliphatic rings. The van der Waals surface area contributed by atoms with E-state index in [-0.39, 0.29) is 22.6 Å². The smallest absolute Gasteiger partial charge is 0.264 e. The monoisotopic (exact) mass is 401 g/mol. The Hall–Kier alpha value is -2.87. The molecule has 0 saturated carbocycles. The first-order chi connectivity index (χ1) is 13.3. The average molecular weight is 401 g/mol. The van der Waals surface area contributed by atoms with Crippen molar-refractivity contribution in [1.82, 2.24) is 4.90 Å². The van der Waals surface area contributed by atoms with E-state index in [1.807, 2.05) is 6.07 Å². The highest BCUT2D eigenvalue weighted by Crippen LogP contribution is 2.24. The number of hydrogen-bond acceptors (Lipinski definition) is 4. The Kier molecular flexibility index (Phi) is 5.69. The zero-order valence-electron chi connectivity index (χ0n) is 15.6. The van der Waals surface area contributed by atoms with E-state index in [2.05, 4.69) is 0 Å². The van der Waals surface area contributed by atoms with Crippen molar-refractivity contribution in [3.8, 4) is 0 Å². The lowest BCUT2D eigenvalue weighted by atomic mass is 9.96. The molecule has 1 fully saturated rings. The second-order valence-corrected chi connectivity index (χ2v) is 8.77. The van der Waals surface area contributed by atoms with E-state index in [9.17, 15) is 18.0 Å². The van der Waals surface area contributed by atoms with Gasteiger partial charge in [-0.3, -0.25) is 13.9 Å². The highest BCUT2D eigenvalue weighted by atomic mass is 32.2. The third-order valence-electron chi connectivity index (χ3n) is 5.04. The number of nitrogens with two attached hydrogens (primary N) is 1. The average Bonchev–Trinajstić information content (AvgIpc) is 2.73. The van der Waals surface area contributed by atoms with Crippen LogP contribution in [0.1, 0.15) is 23.2 Å². The van der Waals surface area contributed by atoms with Crippen molar-refractivity contribution in [3.05, 3.63) is 60.2 Å². The van der Waals surface area contributed by atoms with Crippen molar-refractivity contribution in [3.63, 3.8) is 0 Å². The SMILES string of the molecule is CN(c1ccccc1)S(=O)(=O)c1cccc(C(=O)N2CCC(C(N)=O)CC2)c1. The molecule has 3 rings (SSSR count). The van der Waals surface area contributed by atoms with Gasteiger partial charge in [-0.1, -0.05) is 24.3 Å². The first-order valence-corrected chi connectivity index (χ1v) is 10.5. The summed E-state index contributed by atoms with van der Waals surface area (Å²) < 4.78 is 27.1. The number of anilines is 1. The summed E-state index contributed by atoms with van der Waals surface area (Å²) in [5, 5.41) is 0. The Balaban J connectivity index is 1.80. The maximum Gasteiger partial charge on any atom is 0.264 e. The fourth-order valence-electron chi connectivity index (χ4n) is 3.27. The summed E-state index contributed by atoms with van der Waals surface area (Å²) in [6.45, 7) is 0.848. The van der Waals surface area contributed by atoms with Gasteiger partial charge in [-0.25, -0.2) is 8.42 Å². The molecule has 28 heavy (non-hydrogen) atoms. The summed E-state index contributed by atoms with van der Waals surface area (Å²) in [6, 6.07) is 14.8. The minimum absolute atomic E-state index is 0.0525. The summed E-state index contributed by atoms with van der Waals surface area (Å²) in [5.41, 5.74) is 6.17. The molecular weight excluding hydrogens is 378 g/mol. The maximum atomic E-state index is 13.0. The van der Waals surface area contributed by atoms with Crippen LogP contribution in [0.5, 0.6) is 0 Å². The molecule has 7 nitrogen and oxygen atoms in total. The second-order valence-electron chi connectivity index (χ2n) is 6.80. The van der Waals surface area contributed by atoms with Crippen LogP contribution in [0.2, 0.25) is 0 Å². The normalized spacial score (nSPS) is 15.2. The maximum absolute atomic E-state index is 13.0. The van der Waals surface area contributed by atoms with Gasteiger partial charge in [0.2, 0.25) is 5.91 Å². The fraction of sp³-hybridized carbons (Fsp3) is 0.300. The number of sulfonamides is 1. The van der Waals surface area contributed by atoms with E-state index in [1.165, 1.54) is 23.5 Å². The van der Waals surface area contributed by atoms with Crippen molar-refractivity contribution >= 4 is 27.5 Å². The largest absolute Gasteiger partial charge is 0.369 e. The first-order valence-electron chi connectivity index (χ1n) is 9.03. The topological polar surface area (TPSA) is 101 Å². The number of hydrogen-bond donors (Lipinski definition) is 1. The number of rotatable bonds is 5. The number of nitrogens with zero attached hydrogens (tertiary/aromatic N) is 2. The quantitative estimate of drug-likeness (QED) is 0.826. The Morgan fingerprint density at radius 1 is 1.04 bits per heavy atom. The Labute approximate surface area is 164 Å². The third-order valence-corrected chi connectivity index (χ3v) is 6.83. The summed E-state index contributed by atoms with van der Waals surface area (Å²) in [5.74, 6) is -0.804. The first kappa shape index (κ1) is 19.9. The van der Waals surface area contributed by atoms with Crippen molar-refractivity contribution in [1.29, 1.82) is 0 Å². The number of carbonyl (C=O) groups is 2. The minimum Gasteiger partial charge on any atom is -0.369 e. The summed E-state index contributed by atoms with van der Waals surface area (Å²) in [6.07, 6.45) is 1.05. The summed E-state index contributed by atoms with van der Waals surface area (Å²) in [7, 11) is -2.32. The molecule has 2 amide bonds. The molecule has 0 atom stereocenters.